The predicted octanol–water partition coefficient (Wildman–Crippen LogP) is 2.76. The molecule has 2 N–H and O–H groups in total. The maximum absolute atomic E-state index is 10.9. The average molecular weight is 229 g/mol. The molecule has 3 rings (SSSR count). The summed E-state index contributed by atoms with van der Waals surface area (Å²) in [4.78, 5) is 10.9. The highest BCUT2D eigenvalue weighted by Crippen LogP contribution is 2.44. The highest BCUT2D eigenvalue weighted by atomic mass is 16.4. The van der Waals surface area contributed by atoms with Crippen LogP contribution in [-0.2, 0) is 0 Å². The van der Waals surface area contributed by atoms with Gasteiger partial charge in [0, 0.05) is 17.6 Å². The van der Waals surface area contributed by atoms with E-state index in [0.717, 1.165) is 11.6 Å². The number of hydrogen-bond acceptors (Lipinski definition) is 2. The fourth-order valence-corrected chi connectivity index (χ4v) is 2.84. The molecule has 0 amide bonds. The number of fused-ring (bicyclic) bond motifs is 1. The standard InChI is InChI=1S/C14H15NO2/c16-14(17)10-4-1-5-11(7-10)15-13-8-9-3-2-6-12(9)13/h1-2,4-7,9,12-13,15H,3,8H2,(H,16,17). The van der Waals surface area contributed by atoms with Gasteiger partial charge in [-0.15, -0.1) is 0 Å². The van der Waals surface area contributed by atoms with Gasteiger partial charge in [0.2, 0.25) is 0 Å². The fourth-order valence-electron chi connectivity index (χ4n) is 2.84. The maximum Gasteiger partial charge on any atom is 0.335 e. The monoisotopic (exact) mass is 229 g/mol. The Kier molecular flexibility index (Phi) is 2.39. The Morgan fingerprint density at radius 1 is 1.41 bits per heavy atom. The predicted molar refractivity (Wildman–Crippen MR) is 66.2 cm³/mol. The lowest BCUT2D eigenvalue weighted by molar-refractivity contribution is 0.0697. The Balaban J connectivity index is 1.71. The molecule has 0 spiro atoms. The molecule has 3 heteroatoms. The Bertz CT molecular complexity index is 481. The van der Waals surface area contributed by atoms with Crippen molar-refractivity contribution in [1.29, 1.82) is 0 Å². The van der Waals surface area contributed by atoms with E-state index in [4.69, 9.17) is 5.11 Å². The number of benzene rings is 1. The van der Waals surface area contributed by atoms with E-state index in [0.29, 0.717) is 17.5 Å². The van der Waals surface area contributed by atoms with Crippen molar-refractivity contribution in [3.05, 3.63) is 42.0 Å². The molecule has 3 nitrogen and oxygen atoms in total. The van der Waals surface area contributed by atoms with Crippen LogP contribution in [0.2, 0.25) is 0 Å². The molecule has 3 unspecified atom stereocenters. The second-order valence-electron chi connectivity index (χ2n) is 4.87. The highest BCUT2D eigenvalue weighted by molar-refractivity contribution is 5.88. The van der Waals surface area contributed by atoms with Crippen LogP contribution in [0.25, 0.3) is 0 Å². The summed E-state index contributed by atoms with van der Waals surface area (Å²) in [5.74, 6) is 0.583. The normalized spacial score (nSPS) is 29.5. The molecule has 0 aromatic heterocycles. The number of carboxylic acids is 1. The van der Waals surface area contributed by atoms with Crippen LogP contribution in [0.15, 0.2) is 36.4 Å². The molecule has 1 aromatic carbocycles. The average Bonchev–Trinajstić information content (AvgIpc) is 2.68. The third-order valence-electron chi connectivity index (χ3n) is 3.82. The third-order valence-corrected chi connectivity index (χ3v) is 3.82. The first-order chi connectivity index (χ1) is 8.24. The Morgan fingerprint density at radius 3 is 3.06 bits per heavy atom. The minimum atomic E-state index is -0.874. The van der Waals surface area contributed by atoms with Gasteiger partial charge >= 0.3 is 5.97 Å². The van der Waals surface area contributed by atoms with E-state index in [1.807, 2.05) is 6.07 Å². The number of anilines is 1. The molecule has 0 bridgehead atoms. The van der Waals surface area contributed by atoms with Crippen LogP contribution in [0.1, 0.15) is 23.2 Å². The molecular weight excluding hydrogens is 214 g/mol. The van der Waals surface area contributed by atoms with Crippen molar-refractivity contribution in [2.45, 2.75) is 18.9 Å². The number of nitrogens with one attached hydrogen (secondary N) is 1. The minimum absolute atomic E-state index is 0.341. The number of rotatable bonds is 3. The van der Waals surface area contributed by atoms with Crippen molar-refractivity contribution in [2.24, 2.45) is 11.8 Å². The topological polar surface area (TPSA) is 49.3 Å². The van der Waals surface area contributed by atoms with E-state index in [-0.39, 0.29) is 0 Å². The minimum Gasteiger partial charge on any atom is -0.478 e. The molecule has 1 saturated carbocycles. The lowest BCUT2D eigenvalue weighted by atomic mass is 9.71. The van der Waals surface area contributed by atoms with Gasteiger partial charge in [-0.2, -0.15) is 0 Å². The van der Waals surface area contributed by atoms with E-state index >= 15 is 0 Å². The molecule has 3 atom stereocenters. The van der Waals surface area contributed by atoms with Crippen LogP contribution in [0.3, 0.4) is 0 Å². The van der Waals surface area contributed by atoms with E-state index < -0.39 is 5.97 Å². The van der Waals surface area contributed by atoms with Crippen LogP contribution in [0.4, 0.5) is 5.69 Å². The summed E-state index contributed by atoms with van der Waals surface area (Å²) < 4.78 is 0. The van der Waals surface area contributed by atoms with Gasteiger partial charge in [-0.3, -0.25) is 0 Å². The number of allylic oxidation sites excluding steroid dienone is 1. The third kappa shape index (κ3) is 1.82. The first-order valence-corrected chi connectivity index (χ1v) is 6.00. The molecule has 88 valence electrons. The summed E-state index contributed by atoms with van der Waals surface area (Å²) >= 11 is 0. The van der Waals surface area contributed by atoms with Crippen LogP contribution in [0, 0.1) is 11.8 Å². The van der Waals surface area contributed by atoms with E-state index in [1.165, 1.54) is 12.8 Å². The molecule has 2 aliphatic carbocycles. The zero-order chi connectivity index (χ0) is 11.8. The SMILES string of the molecule is O=C(O)c1cccc(NC2CC3CC=CC32)c1. The molecular formula is C14H15NO2. The Hall–Kier alpha value is -1.77. The second kappa shape index (κ2) is 3.91. The summed E-state index contributed by atoms with van der Waals surface area (Å²) in [5, 5.41) is 12.4. The van der Waals surface area contributed by atoms with Gasteiger partial charge < -0.3 is 10.4 Å². The molecule has 1 aromatic rings. The first-order valence-electron chi connectivity index (χ1n) is 6.00. The lowest BCUT2D eigenvalue weighted by Gasteiger charge is -2.41. The molecule has 0 saturated heterocycles. The van der Waals surface area contributed by atoms with E-state index in [1.54, 1.807) is 18.2 Å². The van der Waals surface area contributed by atoms with Gasteiger partial charge in [-0.25, -0.2) is 4.79 Å². The molecule has 0 radical (unpaired) electrons. The summed E-state index contributed by atoms with van der Waals surface area (Å²) in [6, 6.07) is 7.51. The number of carboxylic acid groups (broad SMARTS) is 1. The number of aromatic carboxylic acids is 1. The fraction of sp³-hybridized carbons (Fsp3) is 0.357. The molecule has 1 fully saturated rings. The largest absolute Gasteiger partial charge is 0.478 e. The van der Waals surface area contributed by atoms with Crippen LogP contribution in [0.5, 0.6) is 0 Å². The highest BCUT2D eigenvalue weighted by Gasteiger charge is 2.40. The van der Waals surface area contributed by atoms with Crippen molar-refractivity contribution in [3.8, 4) is 0 Å². The summed E-state index contributed by atoms with van der Waals surface area (Å²) in [6.45, 7) is 0. The Labute approximate surface area is 100 Å². The van der Waals surface area contributed by atoms with Crippen molar-refractivity contribution >= 4 is 11.7 Å². The second-order valence-corrected chi connectivity index (χ2v) is 4.87. The maximum atomic E-state index is 10.9. The molecule has 0 heterocycles. The van der Waals surface area contributed by atoms with Gasteiger partial charge in [0.1, 0.15) is 0 Å². The summed E-state index contributed by atoms with van der Waals surface area (Å²) in [5.41, 5.74) is 1.25. The van der Waals surface area contributed by atoms with E-state index in [2.05, 4.69) is 17.5 Å². The zero-order valence-corrected chi connectivity index (χ0v) is 9.47. The van der Waals surface area contributed by atoms with E-state index in [9.17, 15) is 4.79 Å². The van der Waals surface area contributed by atoms with Crippen molar-refractivity contribution < 1.29 is 9.90 Å². The van der Waals surface area contributed by atoms with Crippen molar-refractivity contribution in [3.63, 3.8) is 0 Å². The quantitative estimate of drug-likeness (QED) is 0.783. The van der Waals surface area contributed by atoms with Gasteiger partial charge in [-0.1, -0.05) is 18.2 Å². The van der Waals surface area contributed by atoms with Crippen LogP contribution < -0.4 is 5.32 Å². The molecule has 0 aliphatic heterocycles. The van der Waals surface area contributed by atoms with Gasteiger partial charge in [0.25, 0.3) is 0 Å². The van der Waals surface area contributed by atoms with Crippen molar-refractivity contribution in [1.82, 2.24) is 0 Å². The smallest absolute Gasteiger partial charge is 0.335 e. The van der Waals surface area contributed by atoms with Crippen molar-refractivity contribution in [2.75, 3.05) is 5.32 Å². The van der Waals surface area contributed by atoms with Gasteiger partial charge in [0.05, 0.1) is 5.56 Å². The number of hydrogen-bond donors (Lipinski definition) is 2. The molecule has 2 aliphatic rings. The summed E-state index contributed by atoms with van der Waals surface area (Å²) in [6.07, 6.45) is 6.94. The zero-order valence-electron chi connectivity index (χ0n) is 9.47. The van der Waals surface area contributed by atoms with Crippen LogP contribution >= 0.6 is 0 Å². The summed E-state index contributed by atoms with van der Waals surface area (Å²) in [7, 11) is 0. The first kappa shape index (κ1) is 10.4. The lowest BCUT2D eigenvalue weighted by Crippen LogP contribution is -2.43. The number of carbonyl (C=O) groups is 1. The van der Waals surface area contributed by atoms with Gasteiger partial charge in [-0.05, 0) is 37.0 Å². The molecule has 17 heavy (non-hydrogen) atoms. The van der Waals surface area contributed by atoms with Crippen LogP contribution in [-0.4, -0.2) is 17.1 Å². The Morgan fingerprint density at radius 2 is 2.29 bits per heavy atom. The van der Waals surface area contributed by atoms with Gasteiger partial charge in [0.15, 0.2) is 0 Å².